The van der Waals surface area contributed by atoms with Crippen LogP contribution in [0.5, 0.6) is 0 Å². The van der Waals surface area contributed by atoms with E-state index in [-0.39, 0.29) is 5.56 Å². The Hall–Kier alpha value is -2.01. The second-order valence-corrected chi connectivity index (χ2v) is 4.75. The van der Waals surface area contributed by atoms with E-state index in [0.717, 1.165) is 11.3 Å². The Morgan fingerprint density at radius 2 is 2.05 bits per heavy atom. The summed E-state index contributed by atoms with van der Waals surface area (Å²) in [6.07, 6.45) is 4.07. The van der Waals surface area contributed by atoms with Gasteiger partial charge in [-0.05, 0) is 17.7 Å². The van der Waals surface area contributed by atoms with Crippen molar-refractivity contribution in [2.45, 2.75) is 32.9 Å². The third-order valence-corrected chi connectivity index (χ3v) is 2.66. The number of nitrogens with zero attached hydrogens (tertiary/aromatic N) is 2. The van der Waals surface area contributed by atoms with Crippen LogP contribution in [0.3, 0.4) is 0 Å². The Bertz CT molecular complexity index is 577. The van der Waals surface area contributed by atoms with Crippen molar-refractivity contribution in [3.63, 3.8) is 0 Å². The van der Waals surface area contributed by atoms with Gasteiger partial charge in [0.25, 0.3) is 5.56 Å². The van der Waals surface area contributed by atoms with Crippen molar-refractivity contribution in [2.75, 3.05) is 0 Å². The first-order valence-corrected chi connectivity index (χ1v) is 6.35. The van der Waals surface area contributed by atoms with Crippen LogP contribution in [0.25, 0.3) is 0 Å². The first kappa shape index (κ1) is 13.4. The van der Waals surface area contributed by atoms with Crippen LogP contribution < -0.4 is 10.9 Å². The lowest BCUT2D eigenvalue weighted by atomic mass is 10.2. The van der Waals surface area contributed by atoms with Crippen molar-refractivity contribution in [1.82, 2.24) is 20.3 Å². The molecule has 0 aromatic carbocycles. The summed E-state index contributed by atoms with van der Waals surface area (Å²) in [6.45, 7) is 4.72. The number of aromatic amines is 1. The van der Waals surface area contributed by atoms with E-state index in [1.54, 1.807) is 12.4 Å². The fraction of sp³-hybridized carbons (Fsp3) is 0.357. The molecule has 2 aromatic rings. The molecule has 5 nitrogen and oxygen atoms in total. The summed E-state index contributed by atoms with van der Waals surface area (Å²) in [7, 11) is 0. The van der Waals surface area contributed by atoms with Crippen molar-refractivity contribution in [2.24, 2.45) is 0 Å². The van der Waals surface area contributed by atoms with Gasteiger partial charge in [-0.25, -0.2) is 4.98 Å². The molecule has 0 saturated carbocycles. The largest absolute Gasteiger partial charge is 0.310 e. The molecular formula is C14H18N4O. The molecule has 2 N–H and O–H groups in total. The standard InChI is InChI=1S/C14H18N4O/c1-10(2)16-9-12-8-14(19)18-13(17-12)7-11-3-5-15-6-4-11/h3-6,8,10,16H,7,9H2,1-2H3,(H,17,18,19). The minimum Gasteiger partial charge on any atom is -0.310 e. The average Bonchev–Trinajstić information content (AvgIpc) is 2.37. The third kappa shape index (κ3) is 4.30. The molecule has 0 atom stereocenters. The fourth-order valence-corrected chi connectivity index (χ4v) is 1.74. The fourth-order valence-electron chi connectivity index (χ4n) is 1.74. The molecule has 0 bridgehead atoms. The molecule has 0 aliphatic heterocycles. The van der Waals surface area contributed by atoms with Crippen LogP contribution in [0.1, 0.15) is 30.9 Å². The monoisotopic (exact) mass is 258 g/mol. The first-order valence-electron chi connectivity index (χ1n) is 6.35. The average molecular weight is 258 g/mol. The molecule has 0 radical (unpaired) electrons. The van der Waals surface area contributed by atoms with Gasteiger partial charge in [0.1, 0.15) is 5.82 Å². The molecule has 0 amide bonds. The second-order valence-electron chi connectivity index (χ2n) is 4.75. The lowest BCUT2D eigenvalue weighted by Gasteiger charge is -2.08. The van der Waals surface area contributed by atoms with Gasteiger partial charge in [-0.15, -0.1) is 0 Å². The Kier molecular flexibility index (Phi) is 4.41. The van der Waals surface area contributed by atoms with E-state index >= 15 is 0 Å². The molecule has 0 saturated heterocycles. The predicted molar refractivity (Wildman–Crippen MR) is 73.9 cm³/mol. The number of H-pyrrole nitrogens is 1. The highest BCUT2D eigenvalue weighted by Gasteiger charge is 2.03. The molecule has 0 unspecified atom stereocenters. The van der Waals surface area contributed by atoms with E-state index in [2.05, 4.69) is 34.1 Å². The SMILES string of the molecule is CC(C)NCc1cc(=O)[nH]c(Cc2ccncc2)n1. The van der Waals surface area contributed by atoms with Gasteiger partial charge in [0.2, 0.25) is 0 Å². The minimum atomic E-state index is -0.111. The molecular weight excluding hydrogens is 240 g/mol. The van der Waals surface area contributed by atoms with Gasteiger partial charge < -0.3 is 10.3 Å². The highest BCUT2D eigenvalue weighted by atomic mass is 16.1. The maximum absolute atomic E-state index is 11.6. The zero-order valence-corrected chi connectivity index (χ0v) is 11.2. The van der Waals surface area contributed by atoms with E-state index in [0.29, 0.717) is 24.8 Å². The summed E-state index contributed by atoms with van der Waals surface area (Å²) in [4.78, 5) is 22.8. The smallest absolute Gasteiger partial charge is 0.251 e. The molecule has 2 aromatic heterocycles. The summed E-state index contributed by atoms with van der Waals surface area (Å²) < 4.78 is 0. The Balaban J connectivity index is 2.15. The maximum atomic E-state index is 11.6. The van der Waals surface area contributed by atoms with Gasteiger partial charge in [-0.2, -0.15) is 0 Å². The molecule has 19 heavy (non-hydrogen) atoms. The Morgan fingerprint density at radius 1 is 1.32 bits per heavy atom. The van der Waals surface area contributed by atoms with E-state index in [1.165, 1.54) is 6.07 Å². The normalized spacial score (nSPS) is 10.9. The number of hydrogen-bond acceptors (Lipinski definition) is 4. The van der Waals surface area contributed by atoms with Crippen LogP contribution in [-0.4, -0.2) is 21.0 Å². The second kappa shape index (κ2) is 6.24. The molecule has 0 aliphatic rings. The van der Waals surface area contributed by atoms with E-state index in [4.69, 9.17) is 0 Å². The topological polar surface area (TPSA) is 70.7 Å². The lowest BCUT2D eigenvalue weighted by molar-refractivity contribution is 0.578. The number of aromatic nitrogens is 3. The maximum Gasteiger partial charge on any atom is 0.251 e. The zero-order chi connectivity index (χ0) is 13.7. The highest BCUT2D eigenvalue weighted by molar-refractivity contribution is 5.16. The molecule has 100 valence electrons. The summed E-state index contributed by atoms with van der Waals surface area (Å²) in [5, 5.41) is 3.25. The minimum absolute atomic E-state index is 0.111. The number of nitrogens with one attached hydrogen (secondary N) is 2. The van der Waals surface area contributed by atoms with Gasteiger partial charge in [0.05, 0.1) is 5.69 Å². The van der Waals surface area contributed by atoms with Crippen molar-refractivity contribution >= 4 is 0 Å². The first-order chi connectivity index (χ1) is 9.13. The van der Waals surface area contributed by atoms with Gasteiger partial charge >= 0.3 is 0 Å². The summed E-state index contributed by atoms with van der Waals surface area (Å²) >= 11 is 0. The van der Waals surface area contributed by atoms with Crippen molar-refractivity contribution in [1.29, 1.82) is 0 Å². The number of pyridine rings is 1. The van der Waals surface area contributed by atoms with Crippen molar-refractivity contribution in [3.8, 4) is 0 Å². The molecule has 2 heterocycles. The van der Waals surface area contributed by atoms with Crippen LogP contribution in [0, 0.1) is 0 Å². The van der Waals surface area contributed by atoms with E-state index < -0.39 is 0 Å². The molecule has 0 aliphatic carbocycles. The van der Waals surface area contributed by atoms with Crippen LogP contribution >= 0.6 is 0 Å². The van der Waals surface area contributed by atoms with Gasteiger partial charge in [-0.1, -0.05) is 13.8 Å². The Morgan fingerprint density at radius 3 is 2.74 bits per heavy atom. The van der Waals surface area contributed by atoms with Crippen molar-refractivity contribution in [3.05, 3.63) is 58.0 Å². The van der Waals surface area contributed by atoms with Crippen LogP contribution in [0.4, 0.5) is 0 Å². The van der Waals surface area contributed by atoms with E-state index in [1.807, 2.05) is 12.1 Å². The van der Waals surface area contributed by atoms with Crippen molar-refractivity contribution < 1.29 is 0 Å². The summed E-state index contributed by atoms with van der Waals surface area (Å²) in [5.74, 6) is 0.680. The molecule has 5 heteroatoms. The van der Waals surface area contributed by atoms with E-state index in [9.17, 15) is 4.79 Å². The lowest BCUT2D eigenvalue weighted by Crippen LogP contribution is -2.24. The number of rotatable bonds is 5. The van der Waals surface area contributed by atoms with Gasteiger partial charge in [0.15, 0.2) is 0 Å². The van der Waals surface area contributed by atoms with Gasteiger partial charge in [0, 0.05) is 37.5 Å². The number of hydrogen-bond donors (Lipinski definition) is 2. The summed E-state index contributed by atoms with van der Waals surface area (Å²) in [6, 6.07) is 5.73. The quantitative estimate of drug-likeness (QED) is 0.847. The van der Waals surface area contributed by atoms with Gasteiger partial charge in [-0.3, -0.25) is 9.78 Å². The predicted octanol–water partition coefficient (Wildman–Crippen LogP) is 1.25. The van der Waals surface area contributed by atoms with Crippen LogP contribution in [0.15, 0.2) is 35.4 Å². The summed E-state index contributed by atoms with van der Waals surface area (Å²) in [5.41, 5.74) is 1.73. The van der Waals surface area contributed by atoms with Crippen LogP contribution in [-0.2, 0) is 13.0 Å². The van der Waals surface area contributed by atoms with Crippen LogP contribution in [0.2, 0.25) is 0 Å². The molecule has 0 fully saturated rings. The highest BCUT2D eigenvalue weighted by Crippen LogP contribution is 2.03. The third-order valence-electron chi connectivity index (χ3n) is 2.66. The molecule has 2 rings (SSSR count). The molecule has 0 spiro atoms. The Labute approximate surface area is 112 Å². The zero-order valence-electron chi connectivity index (χ0n) is 11.2.